The number of hydrogen-bond donors (Lipinski definition) is 2. The lowest BCUT2D eigenvalue weighted by Gasteiger charge is -2.35. The second-order valence-corrected chi connectivity index (χ2v) is 5.02. The average molecular weight is 329 g/mol. The van der Waals surface area contributed by atoms with Crippen LogP contribution in [0.2, 0.25) is 0 Å². The van der Waals surface area contributed by atoms with Crippen molar-refractivity contribution < 1.29 is 9.53 Å². The number of halogens is 1. The second kappa shape index (κ2) is 10.5. The van der Waals surface area contributed by atoms with E-state index in [9.17, 15) is 4.79 Å². The first-order chi connectivity index (χ1) is 10.3. The predicted octanol–water partition coefficient (Wildman–Crippen LogP) is 0.602. The lowest BCUT2D eigenvalue weighted by atomic mass is 10.1. The van der Waals surface area contributed by atoms with Crippen molar-refractivity contribution in [1.29, 1.82) is 0 Å². The summed E-state index contributed by atoms with van der Waals surface area (Å²) in [6, 6.07) is 4.19. The molecule has 2 rings (SSSR count). The van der Waals surface area contributed by atoms with Gasteiger partial charge in [-0.15, -0.1) is 12.4 Å². The molecule has 1 aromatic heterocycles. The third-order valence-electron chi connectivity index (χ3n) is 3.54. The van der Waals surface area contributed by atoms with Crippen LogP contribution in [0.3, 0.4) is 0 Å². The third kappa shape index (κ3) is 5.88. The minimum Gasteiger partial charge on any atom is -0.380 e. The van der Waals surface area contributed by atoms with Crippen LogP contribution in [0.4, 0.5) is 0 Å². The van der Waals surface area contributed by atoms with E-state index in [1.165, 1.54) is 0 Å². The highest BCUT2D eigenvalue weighted by Crippen LogP contribution is 2.20. The minimum absolute atomic E-state index is 0. The van der Waals surface area contributed by atoms with Crippen LogP contribution in [0, 0.1) is 0 Å². The van der Waals surface area contributed by atoms with Crippen LogP contribution in [0.5, 0.6) is 0 Å². The first kappa shape index (κ1) is 18.8. The monoisotopic (exact) mass is 328 g/mol. The number of rotatable bonds is 7. The first-order valence-corrected chi connectivity index (χ1v) is 7.50. The van der Waals surface area contributed by atoms with Crippen LogP contribution in [-0.2, 0) is 9.53 Å². The fourth-order valence-corrected chi connectivity index (χ4v) is 2.48. The Bertz CT molecular complexity index is 433. The van der Waals surface area contributed by atoms with Crippen molar-refractivity contribution in [2.24, 2.45) is 0 Å². The van der Waals surface area contributed by atoms with Crippen molar-refractivity contribution in [2.45, 2.75) is 13.0 Å². The minimum atomic E-state index is 0. The summed E-state index contributed by atoms with van der Waals surface area (Å²) in [5.41, 5.74) is 1.15. The maximum absolute atomic E-state index is 12.0. The summed E-state index contributed by atoms with van der Waals surface area (Å²) in [6.45, 7) is 6.77. The van der Waals surface area contributed by atoms with Crippen molar-refractivity contribution >= 4 is 18.3 Å². The van der Waals surface area contributed by atoms with E-state index in [0.717, 1.165) is 25.2 Å². The molecule has 0 aliphatic carbocycles. The van der Waals surface area contributed by atoms with E-state index in [-0.39, 0.29) is 24.4 Å². The maximum atomic E-state index is 12.0. The van der Waals surface area contributed by atoms with E-state index >= 15 is 0 Å². The smallest absolute Gasteiger partial charge is 0.234 e. The Labute approximate surface area is 138 Å². The number of carbonyl (C=O) groups is 1. The van der Waals surface area contributed by atoms with Gasteiger partial charge < -0.3 is 15.4 Å². The Morgan fingerprint density at radius 3 is 3.18 bits per heavy atom. The molecule has 2 N–H and O–H groups in total. The molecule has 2 heterocycles. The fraction of sp³-hybridized carbons (Fsp3) is 0.600. The molecule has 0 saturated carbocycles. The molecule has 1 unspecified atom stereocenters. The average Bonchev–Trinajstić information content (AvgIpc) is 2.53. The summed E-state index contributed by atoms with van der Waals surface area (Å²) in [4.78, 5) is 18.4. The summed E-state index contributed by atoms with van der Waals surface area (Å²) >= 11 is 0. The van der Waals surface area contributed by atoms with Gasteiger partial charge in [-0.25, -0.2) is 0 Å². The highest BCUT2D eigenvalue weighted by Gasteiger charge is 2.25. The van der Waals surface area contributed by atoms with Gasteiger partial charge in [0.05, 0.1) is 13.2 Å². The van der Waals surface area contributed by atoms with E-state index in [1.807, 2.05) is 19.2 Å². The van der Waals surface area contributed by atoms with Crippen molar-refractivity contribution in [3.05, 3.63) is 30.1 Å². The molecule has 1 aliphatic rings. The van der Waals surface area contributed by atoms with Crippen molar-refractivity contribution in [3.8, 4) is 0 Å². The molecule has 7 heteroatoms. The molecule has 0 radical (unpaired) electrons. The molecule has 1 atom stereocenters. The van der Waals surface area contributed by atoms with Crippen LogP contribution in [-0.4, -0.2) is 61.7 Å². The highest BCUT2D eigenvalue weighted by atomic mass is 35.5. The molecule has 22 heavy (non-hydrogen) atoms. The zero-order valence-corrected chi connectivity index (χ0v) is 13.8. The fourth-order valence-electron chi connectivity index (χ4n) is 2.48. The molecular formula is C15H25ClN4O2. The Balaban J connectivity index is 0.00000242. The number of amides is 1. The van der Waals surface area contributed by atoms with Crippen LogP contribution < -0.4 is 10.6 Å². The lowest BCUT2D eigenvalue weighted by molar-refractivity contribution is -0.123. The Hall–Kier alpha value is -1.21. The number of ether oxygens (including phenoxy) is 1. The summed E-state index contributed by atoms with van der Waals surface area (Å²) in [5, 5.41) is 6.27. The lowest BCUT2D eigenvalue weighted by Crippen LogP contribution is -2.49. The van der Waals surface area contributed by atoms with Crippen molar-refractivity contribution in [2.75, 3.05) is 45.9 Å². The SMILES string of the molecule is CCOCCNC(=O)CN1CCNCC1c1cccnc1.Cl. The van der Waals surface area contributed by atoms with E-state index in [4.69, 9.17) is 4.74 Å². The van der Waals surface area contributed by atoms with Crippen LogP contribution in [0.25, 0.3) is 0 Å². The standard InChI is InChI=1S/C15H24N4O2.ClH/c1-2-21-9-7-18-15(20)12-19-8-6-17-11-14(19)13-4-3-5-16-10-13;/h3-5,10,14,17H,2,6-9,11-12H2,1H3,(H,18,20);1H. The topological polar surface area (TPSA) is 66.5 Å². The van der Waals surface area contributed by atoms with Gasteiger partial charge in [0.15, 0.2) is 0 Å². The highest BCUT2D eigenvalue weighted by molar-refractivity contribution is 5.85. The van der Waals surface area contributed by atoms with Gasteiger partial charge in [0.25, 0.3) is 0 Å². The summed E-state index contributed by atoms with van der Waals surface area (Å²) < 4.78 is 5.22. The number of nitrogens with one attached hydrogen (secondary N) is 2. The summed E-state index contributed by atoms with van der Waals surface area (Å²) in [5.74, 6) is 0.0468. The van der Waals surface area contributed by atoms with E-state index in [2.05, 4.69) is 26.6 Å². The van der Waals surface area contributed by atoms with Gasteiger partial charge in [-0.3, -0.25) is 14.7 Å². The molecular weight excluding hydrogens is 304 g/mol. The molecule has 1 saturated heterocycles. The Morgan fingerprint density at radius 2 is 2.45 bits per heavy atom. The molecule has 1 fully saturated rings. The number of pyridine rings is 1. The molecule has 1 amide bonds. The molecule has 0 bridgehead atoms. The predicted molar refractivity (Wildman–Crippen MR) is 88.2 cm³/mol. The van der Waals surface area contributed by atoms with E-state index in [0.29, 0.717) is 26.3 Å². The van der Waals surface area contributed by atoms with Gasteiger partial charge in [-0.05, 0) is 18.6 Å². The normalized spacial score (nSPS) is 18.5. The summed E-state index contributed by atoms with van der Waals surface area (Å²) in [7, 11) is 0. The molecule has 0 aromatic carbocycles. The van der Waals surface area contributed by atoms with E-state index in [1.54, 1.807) is 6.20 Å². The van der Waals surface area contributed by atoms with Crippen LogP contribution in [0.1, 0.15) is 18.5 Å². The van der Waals surface area contributed by atoms with Crippen molar-refractivity contribution in [1.82, 2.24) is 20.5 Å². The third-order valence-corrected chi connectivity index (χ3v) is 3.54. The number of hydrogen-bond acceptors (Lipinski definition) is 5. The van der Waals surface area contributed by atoms with Gasteiger partial charge >= 0.3 is 0 Å². The zero-order chi connectivity index (χ0) is 14.9. The first-order valence-electron chi connectivity index (χ1n) is 7.50. The number of piperazine rings is 1. The molecule has 0 spiro atoms. The number of aromatic nitrogens is 1. The van der Waals surface area contributed by atoms with Gasteiger partial charge in [0.2, 0.25) is 5.91 Å². The maximum Gasteiger partial charge on any atom is 0.234 e. The van der Waals surface area contributed by atoms with Crippen LogP contribution >= 0.6 is 12.4 Å². The van der Waals surface area contributed by atoms with Gasteiger partial charge in [-0.2, -0.15) is 0 Å². The van der Waals surface area contributed by atoms with Crippen LogP contribution in [0.15, 0.2) is 24.5 Å². The summed E-state index contributed by atoms with van der Waals surface area (Å²) in [6.07, 6.45) is 3.64. The van der Waals surface area contributed by atoms with Crippen molar-refractivity contribution in [3.63, 3.8) is 0 Å². The molecule has 124 valence electrons. The Kier molecular flexibility index (Phi) is 9.00. The second-order valence-electron chi connectivity index (χ2n) is 5.02. The molecule has 6 nitrogen and oxygen atoms in total. The van der Waals surface area contributed by atoms with Gasteiger partial charge in [0.1, 0.15) is 0 Å². The zero-order valence-electron chi connectivity index (χ0n) is 13.0. The molecule has 1 aliphatic heterocycles. The van der Waals surface area contributed by atoms with E-state index < -0.39 is 0 Å². The largest absolute Gasteiger partial charge is 0.380 e. The van der Waals surface area contributed by atoms with Gasteiger partial charge in [0, 0.05) is 51.2 Å². The quantitative estimate of drug-likeness (QED) is 0.718. The Morgan fingerprint density at radius 1 is 1.59 bits per heavy atom. The molecule has 1 aromatic rings. The number of nitrogens with zero attached hydrogens (tertiary/aromatic N) is 2. The number of carbonyl (C=O) groups excluding carboxylic acids is 1. The van der Waals surface area contributed by atoms with Gasteiger partial charge in [-0.1, -0.05) is 6.07 Å².